The van der Waals surface area contributed by atoms with Gasteiger partial charge in [-0.1, -0.05) is 24.9 Å². The molecule has 0 spiro atoms. The number of aliphatic hydroxyl groups excluding tert-OH is 1. The Balaban J connectivity index is 0.000000211. The zero-order valence-electron chi connectivity index (χ0n) is 12.4. The van der Waals surface area contributed by atoms with Gasteiger partial charge >= 0.3 is 0 Å². The Kier molecular flexibility index (Phi) is 5.93. The number of hydrogen-bond acceptors (Lipinski definition) is 5. The minimum absolute atomic E-state index is 0.103. The number of nitrogens with two attached hydrogens (primary N) is 1. The smallest absolute Gasteiger partial charge is 0.238 e. The van der Waals surface area contributed by atoms with Crippen LogP contribution in [-0.4, -0.2) is 39.0 Å². The van der Waals surface area contributed by atoms with Crippen molar-refractivity contribution < 1.29 is 14.2 Å². The zero-order valence-corrected chi connectivity index (χ0v) is 13.2. The van der Waals surface area contributed by atoms with E-state index in [-0.39, 0.29) is 22.6 Å². The molecule has 1 atom stereocenters. The largest absolute Gasteiger partial charge is 0.391 e. The molecule has 3 heterocycles. The van der Waals surface area contributed by atoms with E-state index in [1.54, 1.807) is 0 Å². The van der Waals surface area contributed by atoms with E-state index < -0.39 is 5.82 Å². The standard InChI is InChI=1S/C9H10ClFN4.C5H10O2/c1-2-3-5-7(10)8(11)6-4-13-9(12)14-15(5)6;6-5-2-1-3-7-4-5/h4H,2-3H2,1H3,(H2,12,14);5-6H,1-4H2. The average molecular weight is 331 g/mol. The van der Waals surface area contributed by atoms with Gasteiger partial charge in [-0.05, 0) is 19.3 Å². The summed E-state index contributed by atoms with van der Waals surface area (Å²) in [6.07, 6.45) is 4.59. The van der Waals surface area contributed by atoms with Crippen molar-refractivity contribution in [3.05, 3.63) is 22.7 Å². The lowest BCUT2D eigenvalue weighted by molar-refractivity contribution is -0.00535. The van der Waals surface area contributed by atoms with E-state index in [0.717, 1.165) is 25.9 Å². The number of halogens is 2. The fraction of sp³-hybridized carbons (Fsp3) is 0.571. The van der Waals surface area contributed by atoms with Crippen molar-refractivity contribution in [2.24, 2.45) is 0 Å². The highest BCUT2D eigenvalue weighted by molar-refractivity contribution is 6.32. The average Bonchev–Trinajstić information content (AvgIpc) is 2.74. The third-order valence-electron chi connectivity index (χ3n) is 3.30. The van der Waals surface area contributed by atoms with Gasteiger partial charge in [0.25, 0.3) is 0 Å². The van der Waals surface area contributed by atoms with Crippen molar-refractivity contribution in [3.63, 3.8) is 0 Å². The molecule has 1 saturated heterocycles. The second kappa shape index (κ2) is 7.71. The molecule has 0 radical (unpaired) electrons. The number of nitrogen functional groups attached to an aromatic ring is 1. The molecule has 0 aliphatic carbocycles. The summed E-state index contributed by atoms with van der Waals surface area (Å²) in [5.41, 5.74) is 6.34. The maximum atomic E-state index is 13.6. The molecule has 6 nitrogen and oxygen atoms in total. The molecule has 1 aliphatic rings. The first kappa shape index (κ1) is 16.9. The maximum absolute atomic E-state index is 13.6. The van der Waals surface area contributed by atoms with E-state index in [9.17, 15) is 4.39 Å². The molecule has 1 aliphatic heterocycles. The molecule has 8 heteroatoms. The Morgan fingerprint density at radius 3 is 2.91 bits per heavy atom. The van der Waals surface area contributed by atoms with E-state index in [2.05, 4.69) is 10.1 Å². The SMILES string of the molecule is CCCc1c(Cl)c(F)c2cnc(N)nn12.OC1CCCOC1. The van der Waals surface area contributed by atoms with E-state index in [1.165, 1.54) is 10.7 Å². The van der Waals surface area contributed by atoms with Gasteiger partial charge in [0.15, 0.2) is 5.82 Å². The molecule has 22 heavy (non-hydrogen) atoms. The molecule has 1 fully saturated rings. The highest BCUT2D eigenvalue weighted by Crippen LogP contribution is 2.26. The van der Waals surface area contributed by atoms with Gasteiger partial charge in [-0.3, -0.25) is 0 Å². The molecular weight excluding hydrogens is 311 g/mol. The second-order valence-electron chi connectivity index (χ2n) is 5.11. The van der Waals surface area contributed by atoms with Gasteiger partial charge in [-0.2, -0.15) is 0 Å². The van der Waals surface area contributed by atoms with E-state index in [0.29, 0.717) is 18.7 Å². The summed E-state index contributed by atoms with van der Waals surface area (Å²) in [6, 6.07) is 0. The van der Waals surface area contributed by atoms with Gasteiger partial charge < -0.3 is 15.6 Å². The monoisotopic (exact) mass is 330 g/mol. The summed E-state index contributed by atoms with van der Waals surface area (Å²) in [5, 5.41) is 12.8. The van der Waals surface area contributed by atoms with Crippen LogP contribution in [0.3, 0.4) is 0 Å². The summed E-state index contributed by atoms with van der Waals surface area (Å²) in [6.45, 7) is 3.36. The van der Waals surface area contributed by atoms with Crippen molar-refractivity contribution in [2.45, 2.75) is 38.7 Å². The van der Waals surface area contributed by atoms with E-state index in [4.69, 9.17) is 27.2 Å². The topological polar surface area (TPSA) is 85.7 Å². The number of aryl methyl sites for hydroxylation is 1. The van der Waals surface area contributed by atoms with Gasteiger partial charge in [0, 0.05) is 6.61 Å². The van der Waals surface area contributed by atoms with Crippen LogP contribution in [0.5, 0.6) is 0 Å². The number of rotatable bonds is 2. The first-order valence-corrected chi connectivity index (χ1v) is 7.65. The predicted molar refractivity (Wildman–Crippen MR) is 82.4 cm³/mol. The highest BCUT2D eigenvalue weighted by atomic mass is 35.5. The minimum atomic E-state index is -0.486. The van der Waals surface area contributed by atoms with Crippen LogP contribution in [-0.2, 0) is 11.2 Å². The summed E-state index contributed by atoms with van der Waals surface area (Å²) >= 11 is 5.86. The van der Waals surface area contributed by atoms with Crippen molar-refractivity contribution in [3.8, 4) is 0 Å². The summed E-state index contributed by atoms with van der Waals surface area (Å²) < 4.78 is 20.0. The number of nitrogens with zero attached hydrogens (tertiary/aromatic N) is 3. The van der Waals surface area contributed by atoms with Crippen LogP contribution < -0.4 is 5.73 Å². The Labute approximate surface area is 133 Å². The predicted octanol–water partition coefficient (Wildman–Crippen LogP) is 2.21. The van der Waals surface area contributed by atoms with Crippen molar-refractivity contribution >= 4 is 23.1 Å². The normalized spacial score (nSPS) is 18.1. The summed E-state index contributed by atoms with van der Waals surface area (Å²) in [4.78, 5) is 3.73. The first-order valence-electron chi connectivity index (χ1n) is 7.27. The second-order valence-corrected chi connectivity index (χ2v) is 5.49. The molecule has 0 amide bonds. The van der Waals surface area contributed by atoms with Gasteiger partial charge in [0.1, 0.15) is 10.5 Å². The Morgan fingerprint density at radius 1 is 1.59 bits per heavy atom. The van der Waals surface area contributed by atoms with Crippen molar-refractivity contribution in [2.75, 3.05) is 18.9 Å². The Morgan fingerprint density at radius 2 is 2.36 bits per heavy atom. The van der Waals surface area contributed by atoms with Crippen molar-refractivity contribution in [1.82, 2.24) is 14.6 Å². The molecule has 0 saturated carbocycles. The Bertz CT molecular complexity index is 629. The molecule has 0 bridgehead atoms. The fourth-order valence-corrected chi connectivity index (χ4v) is 2.50. The number of fused-ring (bicyclic) bond motifs is 1. The summed E-state index contributed by atoms with van der Waals surface area (Å²) in [5.74, 6) is -0.383. The maximum Gasteiger partial charge on any atom is 0.238 e. The number of hydrogen-bond donors (Lipinski definition) is 2. The van der Waals surface area contributed by atoms with Crippen LogP contribution in [0.1, 0.15) is 31.9 Å². The molecular formula is C14H20ClFN4O2. The van der Waals surface area contributed by atoms with Crippen LogP contribution in [0.15, 0.2) is 6.20 Å². The molecule has 3 rings (SSSR count). The van der Waals surface area contributed by atoms with Gasteiger partial charge in [0.2, 0.25) is 5.95 Å². The lowest BCUT2D eigenvalue weighted by atomic mass is 10.2. The first-order chi connectivity index (χ1) is 10.5. The van der Waals surface area contributed by atoms with Gasteiger partial charge in [-0.25, -0.2) is 13.9 Å². The number of aromatic nitrogens is 3. The molecule has 1 unspecified atom stereocenters. The molecule has 2 aromatic rings. The lowest BCUT2D eigenvalue weighted by Gasteiger charge is -2.15. The summed E-state index contributed by atoms with van der Waals surface area (Å²) in [7, 11) is 0. The minimum Gasteiger partial charge on any atom is -0.391 e. The number of anilines is 1. The third kappa shape index (κ3) is 3.85. The lowest BCUT2D eigenvalue weighted by Crippen LogP contribution is -2.21. The highest BCUT2D eigenvalue weighted by Gasteiger charge is 2.17. The van der Waals surface area contributed by atoms with Crippen LogP contribution in [0, 0.1) is 5.82 Å². The van der Waals surface area contributed by atoms with Gasteiger partial charge in [0.05, 0.1) is 24.6 Å². The van der Waals surface area contributed by atoms with Crippen LogP contribution in [0.2, 0.25) is 5.02 Å². The number of aliphatic hydroxyl groups is 1. The quantitative estimate of drug-likeness (QED) is 0.881. The van der Waals surface area contributed by atoms with Crippen LogP contribution >= 0.6 is 11.6 Å². The van der Waals surface area contributed by atoms with Gasteiger partial charge in [-0.15, -0.1) is 5.10 Å². The zero-order chi connectivity index (χ0) is 16.1. The molecule has 122 valence electrons. The molecule has 2 aromatic heterocycles. The third-order valence-corrected chi connectivity index (χ3v) is 3.68. The fourth-order valence-electron chi connectivity index (χ4n) is 2.23. The van der Waals surface area contributed by atoms with Crippen LogP contribution in [0.4, 0.5) is 10.3 Å². The molecule has 0 aromatic carbocycles. The Hall–Kier alpha value is -1.44. The molecule has 3 N–H and O–H groups in total. The van der Waals surface area contributed by atoms with Crippen LogP contribution in [0.25, 0.3) is 5.52 Å². The number of ether oxygens (including phenoxy) is 1. The van der Waals surface area contributed by atoms with E-state index in [1.807, 2.05) is 6.92 Å². The van der Waals surface area contributed by atoms with Crippen molar-refractivity contribution in [1.29, 1.82) is 0 Å². The van der Waals surface area contributed by atoms with E-state index >= 15 is 0 Å².